The molecule has 0 spiro atoms. The van der Waals surface area contributed by atoms with Crippen LogP contribution < -0.4 is 5.56 Å². The summed E-state index contributed by atoms with van der Waals surface area (Å²) in [7, 11) is 0. The summed E-state index contributed by atoms with van der Waals surface area (Å²) in [5, 5.41) is 4.39. The van der Waals surface area contributed by atoms with E-state index in [4.69, 9.17) is 0 Å². The Bertz CT molecular complexity index is 764. The zero-order valence-electron chi connectivity index (χ0n) is 14.1. The monoisotopic (exact) mass is 326 g/mol. The van der Waals surface area contributed by atoms with Crippen molar-refractivity contribution in [2.24, 2.45) is 5.92 Å². The van der Waals surface area contributed by atoms with Crippen LogP contribution in [0, 0.1) is 5.92 Å². The molecule has 0 bridgehead atoms. The number of aromatic nitrogens is 3. The van der Waals surface area contributed by atoms with Crippen LogP contribution in [0.25, 0.3) is 11.3 Å². The molecule has 1 unspecified atom stereocenters. The molecule has 1 aliphatic heterocycles. The van der Waals surface area contributed by atoms with Crippen LogP contribution in [0.15, 0.2) is 41.5 Å². The van der Waals surface area contributed by atoms with Crippen LogP contribution in [0.5, 0.6) is 0 Å². The smallest absolute Gasteiger partial charge is 0.267 e. The third-order valence-corrected chi connectivity index (χ3v) is 4.60. The highest BCUT2D eigenvalue weighted by molar-refractivity contribution is 5.80. The van der Waals surface area contributed by atoms with Gasteiger partial charge >= 0.3 is 0 Å². The Morgan fingerprint density at radius 2 is 2.00 bits per heavy atom. The van der Waals surface area contributed by atoms with Crippen molar-refractivity contribution >= 4 is 5.91 Å². The Labute approximate surface area is 141 Å². The number of pyridine rings is 1. The quantitative estimate of drug-likeness (QED) is 0.866. The van der Waals surface area contributed by atoms with E-state index in [0.29, 0.717) is 11.6 Å². The first-order chi connectivity index (χ1) is 11.6. The molecule has 24 heavy (non-hydrogen) atoms. The summed E-state index contributed by atoms with van der Waals surface area (Å²) in [5.74, 6) is 0.610. The van der Waals surface area contributed by atoms with Crippen molar-refractivity contribution in [2.45, 2.75) is 32.7 Å². The average molecular weight is 326 g/mol. The number of hydrogen-bond donors (Lipinski definition) is 0. The second-order valence-electron chi connectivity index (χ2n) is 6.43. The van der Waals surface area contributed by atoms with E-state index >= 15 is 0 Å². The molecule has 0 aromatic carbocycles. The predicted molar refractivity (Wildman–Crippen MR) is 91.4 cm³/mol. The number of nitrogens with zero attached hydrogens (tertiary/aromatic N) is 4. The van der Waals surface area contributed by atoms with Crippen LogP contribution in [0.1, 0.15) is 32.7 Å². The van der Waals surface area contributed by atoms with Gasteiger partial charge in [-0.3, -0.25) is 14.6 Å². The predicted octanol–water partition coefficient (Wildman–Crippen LogP) is 2.12. The van der Waals surface area contributed by atoms with Crippen LogP contribution in [0.3, 0.4) is 0 Å². The second kappa shape index (κ2) is 6.95. The minimum absolute atomic E-state index is 0.0418. The summed E-state index contributed by atoms with van der Waals surface area (Å²) in [6.07, 6.45) is 5.39. The van der Waals surface area contributed by atoms with Crippen molar-refractivity contribution in [1.29, 1.82) is 0 Å². The van der Waals surface area contributed by atoms with Gasteiger partial charge in [0.25, 0.3) is 5.56 Å². The molecule has 1 atom stereocenters. The van der Waals surface area contributed by atoms with Crippen molar-refractivity contribution < 1.29 is 4.79 Å². The number of likely N-dealkylation sites (tertiary alicyclic amines) is 1. The van der Waals surface area contributed by atoms with E-state index in [1.807, 2.05) is 17.0 Å². The summed E-state index contributed by atoms with van der Waals surface area (Å²) >= 11 is 0. The van der Waals surface area contributed by atoms with Crippen LogP contribution >= 0.6 is 0 Å². The minimum Gasteiger partial charge on any atom is -0.341 e. The highest BCUT2D eigenvalue weighted by atomic mass is 16.2. The molecule has 1 aliphatic rings. The fraction of sp³-hybridized carbons (Fsp3) is 0.444. The second-order valence-corrected chi connectivity index (χ2v) is 6.43. The number of amides is 1. The Kier molecular flexibility index (Phi) is 4.74. The fourth-order valence-electron chi connectivity index (χ4n) is 2.97. The maximum absolute atomic E-state index is 12.7. The summed E-state index contributed by atoms with van der Waals surface area (Å²) < 4.78 is 1.28. The van der Waals surface area contributed by atoms with Crippen LogP contribution in [-0.2, 0) is 4.79 Å². The standard InChI is InChI=1S/C18H22N4O2/c1-13-7-10-21(11-8-13)18(24)14(2)22-17(23)6-5-16(20-22)15-4-3-9-19-12-15/h3-6,9,12-14H,7-8,10-11H2,1-2H3. The van der Waals surface area contributed by atoms with Gasteiger partial charge in [0.05, 0.1) is 5.69 Å². The lowest BCUT2D eigenvalue weighted by molar-refractivity contribution is -0.136. The number of carbonyl (C=O) groups is 1. The zero-order chi connectivity index (χ0) is 17.1. The van der Waals surface area contributed by atoms with Crippen molar-refractivity contribution in [3.05, 3.63) is 47.0 Å². The van der Waals surface area contributed by atoms with Crippen LogP contribution in [-0.4, -0.2) is 38.7 Å². The third-order valence-electron chi connectivity index (χ3n) is 4.60. The number of piperidine rings is 1. The molecule has 6 heteroatoms. The van der Waals surface area contributed by atoms with Crippen molar-refractivity contribution in [3.63, 3.8) is 0 Å². The van der Waals surface area contributed by atoms with Gasteiger partial charge in [-0.2, -0.15) is 5.10 Å². The molecule has 3 rings (SSSR count). The number of rotatable bonds is 3. The maximum atomic E-state index is 12.7. The van der Waals surface area contributed by atoms with E-state index in [-0.39, 0.29) is 11.5 Å². The first kappa shape index (κ1) is 16.4. The van der Waals surface area contributed by atoms with E-state index < -0.39 is 6.04 Å². The number of carbonyl (C=O) groups excluding carboxylic acids is 1. The van der Waals surface area contributed by atoms with E-state index in [0.717, 1.165) is 31.5 Å². The molecule has 0 radical (unpaired) electrons. The molecule has 1 amide bonds. The van der Waals surface area contributed by atoms with Gasteiger partial charge in [-0.15, -0.1) is 0 Å². The maximum Gasteiger partial charge on any atom is 0.267 e. The molecule has 2 aromatic rings. The van der Waals surface area contributed by atoms with Gasteiger partial charge in [0, 0.05) is 37.1 Å². The Morgan fingerprint density at radius 1 is 1.25 bits per heavy atom. The number of hydrogen-bond acceptors (Lipinski definition) is 4. The molecule has 2 aromatic heterocycles. The Hall–Kier alpha value is -2.50. The molecule has 0 saturated carbocycles. The first-order valence-corrected chi connectivity index (χ1v) is 8.35. The van der Waals surface area contributed by atoms with Crippen molar-refractivity contribution in [2.75, 3.05) is 13.1 Å². The van der Waals surface area contributed by atoms with Gasteiger partial charge in [0.1, 0.15) is 6.04 Å². The lowest BCUT2D eigenvalue weighted by atomic mass is 9.99. The lowest BCUT2D eigenvalue weighted by Crippen LogP contribution is -2.43. The molecule has 6 nitrogen and oxygen atoms in total. The molecular weight excluding hydrogens is 304 g/mol. The summed E-state index contributed by atoms with van der Waals surface area (Å²) in [4.78, 5) is 30.8. The Balaban J connectivity index is 1.85. The SMILES string of the molecule is CC1CCN(C(=O)C(C)n2nc(-c3cccnc3)ccc2=O)CC1. The highest BCUT2D eigenvalue weighted by Crippen LogP contribution is 2.19. The highest BCUT2D eigenvalue weighted by Gasteiger charge is 2.26. The fourth-order valence-corrected chi connectivity index (χ4v) is 2.97. The normalized spacial score (nSPS) is 16.8. The van der Waals surface area contributed by atoms with Gasteiger partial charge in [-0.05, 0) is 43.9 Å². The van der Waals surface area contributed by atoms with Crippen LogP contribution in [0.2, 0.25) is 0 Å². The average Bonchev–Trinajstić information content (AvgIpc) is 2.62. The summed E-state index contributed by atoms with van der Waals surface area (Å²) in [6.45, 7) is 5.44. The molecule has 1 fully saturated rings. The van der Waals surface area contributed by atoms with Gasteiger partial charge in [0.15, 0.2) is 0 Å². The van der Waals surface area contributed by atoms with Gasteiger partial charge in [-0.25, -0.2) is 4.68 Å². The summed E-state index contributed by atoms with van der Waals surface area (Å²) in [5.41, 5.74) is 1.18. The molecule has 0 aliphatic carbocycles. The minimum atomic E-state index is -0.609. The molecule has 3 heterocycles. The van der Waals surface area contributed by atoms with Gasteiger partial charge in [-0.1, -0.05) is 6.92 Å². The third kappa shape index (κ3) is 3.37. The van der Waals surface area contributed by atoms with Crippen molar-refractivity contribution in [1.82, 2.24) is 19.7 Å². The largest absolute Gasteiger partial charge is 0.341 e. The van der Waals surface area contributed by atoms with Crippen molar-refractivity contribution in [3.8, 4) is 11.3 Å². The first-order valence-electron chi connectivity index (χ1n) is 8.35. The van der Waals surface area contributed by atoms with E-state index in [9.17, 15) is 9.59 Å². The molecule has 1 saturated heterocycles. The van der Waals surface area contributed by atoms with E-state index in [1.165, 1.54) is 10.7 Å². The van der Waals surface area contributed by atoms with E-state index in [2.05, 4.69) is 17.0 Å². The van der Waals surface area contributed by atoms with E-state index in [1.54, 1.807) is 25.4 Å². The molecule has 0 N–H and O–H groups in total. The van der Waals surface area contributed by atoms with Gasteiger partial charge in [0.2, 0.25) is 5.91 Å². The topological polar surface area (TPSA) is 68.1 Å². The van der Waals surface area contributed by atoms with Crippen LogP contribution in [0.4, 0.5) is 0 Å². The Morgan fingerprint density at radius 3 is 2.67 bits per heavy atom. The summed E-state index contributed by atoms with van der Waals surface area (Å²) in [6, 6.07) is 6.20. The molecule has 126 valence electrons. The zero-order valence-corrected chi connectivity index (χ0v) is 14.1. The molecular formula is C18H22N4O2. The lowest BCUT2D eigenvalue weighted by Gasteiger charge is -2.32. The van der Waals surface area contributed by atoms with Gasteiger partial charge < -0.3 is 4.90 Å².